The van der Waals surface area contributed by atoms with E-state index in [1.54, 1.807) is 31.2 Å². The number of phenols is 1. The van der Waals surface area contributed by atoms with Crippen LogP contribution in [0.25, 0.3) is 0 Å². The molecule has 0 spiro atoms. The number of hydrogen-bond acceptors (Lipinski definition) is 19. The first-order chi connectivity index (χ1) is 29.4. The third kappa shape index (κ3) is 12.0. The molecule has 8 N–H and O–H groups in total. The molecule has 1 unspecified atom stereocenters. The smallest absolute Gasteiger partial charge is 1.00 e. The maximum absolute atomic E-state index is 13.4. The van der Waals surface area contributed by atoms with Gasteiger partial charge in [-0.25, -0.2) is 9.13 Å². The number of aromatic nitrogens is 2. The molecule has 0 bridgehead atoms. The number of nitrogens with one attached hydrogen (secondary N) is 1. The molecule has 8 rings (SSSR count). The zero-order chi connectivity index (χ0) is 45.0. The van der Waals surface area contributed by atoms with Crippen molar-refractivity contribution in [2.75, 3.05) is 47.4 Å². The SMILES string of the molecule is COc1cc([C@@H]2c3cc4c(cc3[C@@H](O[C@@H]3O[C@@H]5CO[C@@H](C)O[C@H]5[C@H](O)[C@H]3O)[C@H]3COC(=O)[C@H]23)OCO4)cc(OC)c1O.O=C(Cn1ccnc1[N+](=O)[O-])NCCO.O=P(O)(O)O.P.[H-].[Na+]. The van der Waals surface area contributed by atoms with E-state index in [0.717, 1.165) is 4.57 Å². The number of phenolic OH excluding ortho intramolecular Hbond substituents is 1. The Morgan fingerprint density at radius 2 is 1.66 bits per heavy atom. The second kappa shape index (κ2) is 22.6. The number of methoxy groups -OCH3 is 2. The quantitative estimate of drug-likeness (QED) is 0.0321. The molecule has 1 amide bonds. The van der Waals surface area contributed by atoms with Crippen LogP contribution in [0.5, 0.6) is 28.7 Å². The number of phosphoric acid groups is 1. The predicted octanol–water partition coefficient (Wildman–Crippen LogP) is -3.52. The van der Waals surface area contributed by atoms with E-state index in [9.17, 15) is 35.0 Å². The van der Waals surface area contributed by atoms with Gasteiger partial charge in [0.1, 0.15) is 36.8 Å². The largest absolute Gasteiger partial charge is 1.00 e. The van der Waals surface area contributed by atoms with Crippen LogP contribution in [0.1, 0.15) is 37.1 Å². The molecule has 3 saturated heterocycles. The fraction of sp³-hybridized carbons (Fsp3) is 0.528. The van der Waals surface area contributed by atoms with Gasteiger partial charge in [-0.05, 0) is 52.8 Å². The van der Waals surface area contributed by atoms with Crippen LogP contribution < -0.4 is 53.8 Å². The van der Waals surface area contributed by atoms with Gasteiger partial charge >= 0.3 is 49.3 Å². The number of carbonyl (C=O) groups is 2. The maximum Gasteiger partial charge on any atom is 1.00 e. The Morgan fingerprint density at radius 3 is 2.25 bits per heavy atom. The van der Waals surface area contributed by atoms with Crippen LogP contribution in [-0.2, 0) is 44.4 Å². The van der Waals surface area contributed by atoms with Crippen molar-refractivity contribution in [1.29, 1.82) is 0 Å². The van der Waals surface area contributed by atoms with Gasteiger partial charge in [0.15, 0.2) is 42.1 Å². The number of hydrogen-bond donors (Lipinski definition) is 8. The molecule has 0 saturated carbocycles. The number of fused-ring (bicyclic) bond motifs is 4. The van der Waals surface area contributed by atoms with Gasteiger partial charge in [-0.2, -0.15) is 9.90 Å². The van der Waals surface area contributed by atoms with E-state index >= 15 is 0 Å². The molecule has 28 heteroatoms. The van der Waals surface area contributed by atoms with Gasteiger partial charge in [0, 0.05) is 18.4 Å². The van der Waals surface area contributed by atoms with E-state index in [1.807, 2.05) is 0 Å². The number of esters is 1. The Bertz CT molecular complexity index is 2140. The maximum atomic E-state index is 13.4. The summed E-state index contributed by atoms with van der Waals surface area (Å²) in [4.78, 5) is 59.3. The molecule has 64 heavy (non-hydrogen) atoms. The fourth-order valence-corrected chi connectivity index (χ4v) is 7.74. The molecule has 0 radical (unpaired) electrons. The Balaban J connectivity index is 0.000000411. The van der Waals surface area contributed by atoms with Gasteiger partial charge in [-0.15, -0.1) is 0 Å². The van der Waals surface area contributed by atoms with Crippen molar-refractivity contribution >= 4 is 35.5 Å². The number of nitro groups is 1. The summed E-state index contributed by atoms with van der Waals surface area (Å²) >= 11 is 0. The number of benzene rings is 2. The zero-order valence-electron chi connectivity index (χ0n) is 35.8. The summed E-state index contributed by atoms with van der Waals surface area (Å²) in [5, 5.41) is 53.8. The molecule has 350 valence electrons. The van der Waals surface area contributed by atoms with Gasteiger partial charge in [0.05, 0.1) is 46.1 Å². The standard InChI is InChI=1S/C29H32O13.C7H10N4O4.Na.H3O4P.H3P.H/c1-11-36-9-20-27(40-11)24(31)25(32)29(41-20)42-26-14-7-17-16(38-10-39-17)6-13(14)21(22-15(26)8-37-28(22)33)12-4-18(34-2)23(30)19(5-12)35-3;12-4-2-8-6(13)5-10-3-1-9-7(10)11(14)15;;1-5(2,3)4;;/h4-7,11,15,20-22,24-27,29-32H,8-10H2,1-3H3;1,3,12H,2,4-5H2,(H,8,13);;(H3,1,2,3,4);1H3;/q;;+1;;;-1/t11-,15+,20-,21-,22+,24-,25-,26-,27-,29+;;;;;/m1...../s1. The minimum absolute atomic E-state index is 0. The molecular formula is C36H49N4NaO21P2. The third-order valence-corrected chi connectivity index (χ3v) is 10.4. The Hall–Kier alpha value is -3.75. The van der Waals surface area contributed by atoms with Crippen LogP contribution in [0, 0.1) is 22.0 Å². The van der Waals surface area contributed by atoms with Crippen molar-refractivity contribution < 1.29 is 128 Å². The van der Waals surface area contributed by atoms with Crippen molar-refractivity contribution in [3.8, 4) is 28.7 Å². The van der Waals surface area contributed by atoms with Gasteiger partial charge in [0.25, 0.3) is 5.91 Å². The molecule has 3 aromatic rings. The summed E-state index contributed by atoms with van der Waals surface area (Å²) in [5.74, 6) is -1.82. The van der Waals surface area contributed by atoms with Gasteiger partial charge in [0.2, 0.25) is 12.5 Å². The number of rotatable bonds is 10. The minimum Gasteiger partial charge on any atom is -1.00 e. The van der Waals surface area contributed by atoms with E-state index in [2.05, 4.69) is 10.3 Å². The Kier molecular flexibility index (Phi) is 18.7. The number of aromatic hydroxyl groups is 1. The van der Waals surface area contributed by atoms with E-state index in [4.69, 9.17) is 67.0 Å². The normalized spacial score (nSPS) is 27.2. The second-order valence-electron chi connectivity index (χ2n) is 14.2. The van der Waals surface area contributed by atoms with Crippen LogP contribution in [0.2, 0.25) is 0 Å². The molecule has 3 fully saturated rings. The van der Waals surface area contributed by atoms with Crippen LogP contribution >= 0.6 is 17.7 Å². The average Bonchev–Trinajstić information content (AvgIpc) is 3.99. The van der Waals surface area contributed by atoms with Gasteiger partial charge < -0.3 is 94.6 Å². The van der Waals surface area contributed by atoms with Crippen LogP contribution in [-0.4, -0.2) is 146 Å². The first kappa shape index (κ1) is 52.9. The summed E-state index contributed by atoms with van der Waals surface area (Å²) in [5.41, 5.74) is 2.01. The average molecular weight is 959 g/mol. The second-order valence-corrected chi connectivity index (χ2v) is 15.2. The molecule has 25 nitrogen and oxygen atoms in total. The molecule has 11 atom stereocenters. The Morgan fingerprint density at radius 1 is 1.03 bits per heavy atom. The first-order valence-corrected chi connectivity index (χ1v) is 20.3. The summed E-state index contributed by atoms with van der Waals surface area (Å²) in [6, 6.07) is 6.93. The third-order valence-electron chi connectivity index (χ3n) is 10.4. The van der Waals surface area contributed by atoms with Crippen molar-refractivity contribution in [3.63, 3.8) is 0 Å². The van der Waals surface area contributed by atoms with E-state index in [-0.39, 0.29) is 104 Å². The van der Waals surface area contributed by atoms with Crippen LogP contribution in [0.4, 0.5) is 5.95 Å². The number of nitrogens with zero attached hydrogens (tertiary/aromatic N) is 3. The fourth-order valence-electron chi connectivity index (χ4n) is 7.74. The van der Waals surface area contributed by atoms with Crippen molar-refractivity contribution in [2.24, 2.45) is 11.8 Å². The predicted molar refractivity (Wildman–Crippen MR) is 214 cm³/mol. The Labute approximate surface area is 390 Å². The van der Waals surface area contributed by atoms with E-state index < -0.39 is 85.5 Å². The summed E-state index contributed by atoms with van der Waals surface area (Å²) < 4.78 is 61.5. The number of ether oxygens (including phenoxy) is 9. The summed E-state index contributed by atoms with van der Waals surface area (Å²) in [7, 11) is -1.78. The molecule has 2 aromatic carbocycles. The van der Waals surface area contributed by atoms with Crippen molar-refractivity contribution in [3.05, 3.63) is 63.5 Å². The number of amides is 1. The van der Waals surface area contributed by atoms with Crippen LogP contribution in [0.15, 0.2) is 36.7 Å². The van der Waals surface area contributed by atoms with E-state index in [0.29, 0.717) is 28.2 Å². The van der Waals surface area contributed by atoms with Gasteiger partial charge in [-0.3, -0.25) is 9.59 Å². The number of carbonyl (C=O) groups excluding carboxylic acids is 2. The number of cyclic esters (lactones) is 1. The number of aliphatic hydroxyl groups is 3. The molecule has 5 heterocycles. The molecule has 1 aliphatic carbocycles. The van der Waals surface area contributed by atoms with Crippen molar-refractivity contribution in [2.45, 2.75) is 62.5 Å². The zero-order valence-corrected chi connectivity index (χ0v) is 39.1. The summed E-state index contributed by atoms with van der Waals surface area (Å²) in [6.45, 7) is 1.70. The monoisotopic (exact) mass is 958 g/mol. The first-order valence-electron chi connectivity index (χ1n) is 18.7. The van der Waals surface area contributed by atoms with Crippen LogP contribution in [0.3, 0.4) is 0 Å². The number of imidazole rings is 1. The van der Waals surface area contributed by atoms with Crippen molar-refractivity contribution in [1.82, 2.24) is 14.9 Å². The number of aliphatic hydroxyl groups excluding tert-OH is 3. The summed E-state index contributed by atoms with van der Waals surface area (Å²) in [6.07, 6.45) is -4.21. The van der Waals surface area contributed by atoms with Gasteiger partial charge in [-0.1, -0.05) is 4.98 Å². The minimum atomic E-state index is -4.64. The molecule has 1 aromatic heterocycles. The topological polar surface area (TPSA) is 349 Å². The van der Waals surface area contributed by atoms with E-state index in [1.165, 1.54) is 26.6 Å². The molecular weight excluding hydrogens is 909 g/mol. The molecule has 4 aliphatic heterocycles. The molecule has 5 aliphatic rings.